The number of aliphatic hydroxyl groups excluding tert-OH is 4. The molecule has 6 nitrogen and oxygen atoms in total. The lowest BCUT2D eigenvalue weighted by Crippen LogP contribution is -2.53. The molecule has 0 aromatic carbocycles. The summed E-state index contributed by atoms with van der Waals surface area (Å²) in [6.07, 6.45) is 42.7. The van der Waals surface area contributed by atoms with Gasteiger partial charge in [-0.05, 0) is 83.5 Å². The zero-order valence-corrected chi connectivity index (χ0v) is 31.2. The van der Waals surface area contributed by atoms with Crippen LogP contribution in [0.3, 0.4) is 0 Å². The molecule has 0 saturated heterocycles. The van der Waals surface area contributed by atoms with Crippen molar-refractivity contribution >= 4 is 5.91 Å². The van der Waals surface area contributed by atoms with E-state index in [1.54, 1.807) is 0 Å². The molecule has 0 aliphatic heterocycles. The Morgan fingerprint density at radius 2 is 0.896 bits per heavy atom. The standard InChI is InChI=1S/C42H77NO5/c1-3-5-7-9-11-13-15-17-19-20-22-24-26-28-30-32-34-36-40(46)42(48)43-38(37-44)41(47)39(45)35-33-31-29-27-25-23-21-18-16-14-12-10-8-6-4-2/h10,12,18,21-22,24,27,29,38-41,44-47H,3-9,11,13-17,19-20,23,25-26,28,30-37H2,1-2H3,(H,43,48)/b12-10+,21-18+,24-22-,29-27+. The largest absolute Gasteiger partial charge is 0.394 e. The number of carbonyl (C=O) groups excluding carboxylic acids is 1. The lowest BCUT2D eigenvalue weighted by atomic mass is 10.00. The van der Waals surface area contributed by atoms with Crippen molar-refractivity contribution in [2.24, 2.45) is 0 Å². The molecule has 0 rings (SSSR count). The van der Waals surface area contributed by atoms with Crippen LogP contribution in [-0.4, -0.2) is 57.3 Å². The normalized spacial score (nSPS) is 14.9. The first kappa shape index (κ1) is 46.3. The molecule has 4 unspecified atom stereocenters. The van der Waals surface area contributed by atoms with Crippen molar-refractivity contribution in [3.8, 4) is 0 Å². The number of hydrogen-bond acceptors (Lipinski definition) is 5. The maximum atomic E-state index is 12.5. The third-order valence-electron chi connectivity index (χ3n) is 8.97. The van der Waals surface area contributed by atoms with Crippen LogP contribution in [0.4, 0.5) is 0 Å². The van der Waals surface area contributed by atoms with E-state index in [-0.39, 0.29) is 0 Å². The predicted octanol–water partition coefficient (Wildman–Crippen LogP) is 9.95. The fourth-order valence-electron chi connectivity index (χ4n) is 5.71. The molecule has 0 aromatic heterocycles. The van der Waals surface area contributed by atoms with E-state index in [9.17, 15) is 25.2 Å². The van der Waals surface area contributed by atoms with Crippen molar-refractivity contribution in [3.63, 3.8) is 0 Å². The molecule has 0 radical (unpaired) electrons. The van der Waals surface area contributed by atoms with Gasteiger partial charge in [0.1, 0.15) is 12.2 Å². The zero-order valence-electron chi connectivity index (χ0n) is 31.2. The number of carbonyl (C=O) groups is 1. The van der Waals surface area contributed by atoms with E-state index < -0.39 is 36.9 Å². The number of allylic oxidation sites excluding steroid dienone is 8. The van der Waals surface area contributed by atoms with Crippen LogP contribution in [-0.2, 0) is 4.79 Å². The first-order chi connectivity index (χ1) is 23.5. The highest BCUT2D eigenvalue weighted by Crippen LogP contribution is 2.13. The van der Waals surface area contributed by atoms with Gasteiger partial charge >= 0.3 is 0 Å². The molecular weight excluding hydrogens is 598 g/mol. The summed E-state index contributed by atoms with van der Waals surface area (Å²) in [6.45, 7) is 3.97. The van der Waals surface area contributed by atoms with Crippen LogP contribution >= 0.6 is 0 Å². The average molecular weight is 676 g/mol. The van der Waals surface area contributed by atoms with Gasteiger partial charge in [-0.25, -0.2) is 0 Å². The van der Waals surface area contributed by atoms with Crippen LogP contribution in [0.1, 0.15) is 181 Å². The Bertz CT molecular complexity index is 808. The second-order valence-corrected chi connectivity index (χ2v) is 13.6. The van der Waals surface area contributed by atoms with Gasteiger partial charge in [0, 0.05) is 0 Å². The first-order valence-electron chi connectivity index (χ1n) is 20.0. The number of nitrogens with one attached hydrogen (secondary N) is 1. The summed E-state index contributed by atoms with van der Waals surface area (Å²) < 4.78 is 0. The van der Waals surface area contributed by atoms with E-state index in [1.165, 1.54) is 83.5 Å². The van der Waals surface area contributed by atoms with Crippen LogP contribution in [0.15, 0.2) is 48.6 Å². The highest BCUT2D eigenvalue weighted by atomic mass is 16.3. The molecule has 1 amide bonds. The highest BCUT2D eigenvalue weighted by molar-refractivity contribution is 5.80. The quantitative estimate of drug-likeness (QED) is 0.0339. The Hall–Kier alpha value is -1.73. The van der Waals surface area contributed by atoms with Gasteiger partial charge in [0.25, 0.3) is 0 Å². The van der Waals surface area contributed by atoms with Crippen LogP contribution < -0.4 is 5.32 Å². The van der Waals surface area contributed by atoms with Gasteiger partial charge < -0.3 is 25.7 Å². The Morgan fingerprint density at radius 3 is 1.38 bits per heavy atom. The second-order valence-electron chi connectivity index (χ2n) is 13.6. The van der Waals surface area contributed by atoms with Crippen LogP contribution in [0.25, 0.3) is 0 Å². The molecule has 48 heavy (non-hydrogen) atoms. The molecule has 0 fully saturated rings. The first-order valence-corrected chi connectivity index (χ1v) is 20.0. The number of aliphatic hydroxyl groups is 4. The van der Waals surface area contributed by atoms with Crippen molar-refractivity contribution in [3.05, 3.63) is 48.6 Å². The molecule has 0 saturated carbocycles. The summed E-state index contributed by atoms with van der Waals surface area (Å²) in [7, 11) is 0. The molecule has 6 heteroatoms. The van der Waals surface area contributed by atoms with E-state index in [1.807, 2.05) is 0 Å². The summed E-state index contributed by atoms with van der Waals surface area (Å²) in [5.74, 6) is -0.611. The lowest BCUT2D eigenvalue weighted by molar-refractivity contribution is -0.132. The summed E-state index contributed by atoms with van der Waals surface area (Å²) in [4.78, 5) is 12.5. The van der Waals surface area contributed by atoms with Gasteiger partial charge in [-0.2, -0.15) is 0 Å². The van der Waals surface area contributed by atoms with Crippen LogP contribution in [0, 0.1) is 0 Å². The Labute approximate surface area is 296 Å². The van der Waals surface area contributed by atoms with Gasteiger partial charge in [-0.1, -0.05) is 146 Å². The lowest BCUT2D eigenvalue weighted by Gasteiger charge is -2.27. The average Bonchev–Trinajstić information content (AvgIpc) is 3.09. The van der Waals surface area contributed by atoms with Crippen molar-refractivity contribution in [1.29, 1.82) is 0 Å². The Kier molecular flexibility index (Phi) is 35.2. The fourth-order valence-corrected chi connectivity index (χ4v) is 5.71. The van der Waals surface area contributed by atoms with Gasteiger partial charge in [0.15, 0.2) is 0 Å². The van der Waals surface area contributed by atoms with Crippen molar-refractivity contribution < 1.29 is 25.2 Å². The molecule has 280 valence electrons. The minimum Gasteiger partial charge on any atom is -0.394 e. The maximum Gasteiger partial charge on any atom is 0.249 e. The van der Waals surface area contributed by atoms with Crippen LogP contribution in [0.5, 0.6) is 0 Å². The van der Waals surface area contributed by atoms with E-state index >= 15 is 0 Å². The summed E-state index contributed by atoms with van der Waals surface area (Å²) in [6, 6.07) is -1.02. The SMILES string of the molecule is CCCC/C=C/CC/C=C/CC/C=C/CCCC(O)C(O)C(CO)NC(=O)C(O)CCCCCC/C=C\CCCCCCCCCCC. The number of amides is 1. The van der Waals surface area contributed by atoms with Crippen molar-refractivity contribution in [1.82, 2.24) is 5.32 Å². The minimum atomic E-state index is -1.30. The van der Waals surface area contributed by atoms with E-state index in [2.05, 4.69) is 67.8 Å². The molecule has 0 aliphatic rings. The number of rotatable bonds is 35. The van der Waals surface area contributed by atoms with Gasteiger partial charge in [-0.3, -0.25) is 4.79 Å². The molecule has 0 heterocycles. The topological polar surface area (TPSA) is 110 Å². The molecule has 0 bridgehead atoms. The van der Waals surface area contributed by atoms with Gasteiger partial charge in [0.05, 0.1) is 18.8 Å². The molecule has 4 atom stereocenters. The highest BCUT2D eigenvalue weighted by Gasteiger charge is 2.28. The molecule has 0 aromatic rings. The van der Waals surface area contributed by atoms with E-state index in [4.69, 9.17) is 0 Å². The van der Waals surface area contributed by atoms with Crippen molar-refractivity contribution in [2.45, 2.75) is 205 Å². The molecule has 5 N–H and O–H groups in total. The van der Waals surface area contributed by atoms with Gasteiger partial charge in [0.2, 0.25) is 5.91 Å². The van der Waals surface area contributed by atoms with E-state index in [0.717, 1.165) is 64.2 Å². The Morgan fingerprint density at radius 1 is 0.500 bits per heavy atom. The molecule has 0 aliphatic carbocycles. The monoisotopic (exact) mass is 676 g/mol. The van der Waals surface area contributed by atoms with Crippen molar-refractivity contribution in [2.75, 3.05) is 6.61 Å². The zero-order chi connectivity index (χ0) is 35.3. The maximum absolute atomic E-state index is 12.5. The number of unbranched alkanes of at least 4 members (excludes halogenated alkanes) is 18. The second kappa shape index (κ2) is 36.5. The van der Waals surface area contributed by atoms with Crippen LogP contribution in [0.2, 0.25) is 0 Å². The summed E-state index contributed by atoms with van der Waals surface area (Å²) in [5.41, 5.74) is 0. The number of hydrogen-bond donors (Lipinski definition) is 5. The van der Waals surface area contributed by atoms with Gasteiger partial charge in [-0.15, -0.1) is 0 Å². The summed E-state index contributed by atoms with van der Waals surface area (Å²) >= 11 is 0. The predicted molar refractivity (Wildman–Crippen MR) is 205 cm³/mol. The molecular formula is C42H77NO5. The fraction of sp³-hybridized carbons (Fsp3) is 0.786. The third-order valence-corrected chi connectivity index (χ3v) is 8.97. The summed E-state index contributed by atoms with van der Waals surface area (Å²) in [5, 5.41) is 43.5. The van der Waals surface area contributed by atoms with E-state index in [0.29, 0.717) is 19.3 Å². The third kappa shape index (κ3) is 30.3. The smallest absolute Gasteiger partial charge is 0.249 e. The minimum absolute atomic E-state index is 0.343. The molecule has 0 spiro atoms. The Balaban J connectivity index is 3.89.